The SMILES string of the molecule is Cc1[nH]c2ccccc2c1C(=O)C(=O)NCCCn1ccc2ccccc21. The van der Waals surface area contributed by atoms with Gasteiger partial charge in [0.05, 0.1) is 5.56 Å². The molecule has 0 atom stereocenters. The fraction of sp³-hybridized carbons (Fsp3) is 0.182. The first kappa shape index (κ1) is 17.1. The molecule has 1 amide bonds. The Balaban J connectivity index is 1.38. The maximum Gasteiger partial charge on any atom is 0.292 e. The van der Waals surface area contributed by atoms with Crippen molar-refractivity contribution in [3.8, 4) is 0 Å². The van der Waals surface area contributed by atoms with Crippen LogP contribution in [0, 0.1) is 6.92 Å². The van der Waals surface area contributed by atoms with Crippen LogP contribution in [-0.2, 0) is 11.3 Å². The summed E-state index contributed by atoms with van der Waals surface area (Å²) in [7, 11) is 0. The summed E-state index contributed by atoms with van der Waals surface area (Å²) in [4.78, 5) is 28.1. The second-order valence-corrected chi connectivity index (χ2v) is 6.68. The van der Waals surface area contributed by atoms with Gasteiger partial charge in [-0.1, -0.05) is 36.4 Å². The number of aromatic amines is 1. The molecule has 0 saturated carbocycles. The number of carbonyl (C=O) groups is 2. The lowest BCUT2D eigenvalue weighted by atomic mass is 10.1. The topological polar surface area (TPSA) is 66.9 Å². The van der Waals surface area contributed by atoms with Gasteiger partial charge < -0.3 is 14.9 Å². The Morgan fingerprint density at radius 2 is 1.81 bits per heavy atom. The number of ketones is 1. The normalized spacial score (nSPS) is 11.1. The molecule has 2 heterocycles. The van der Waals surface area contributed by atoms with Gasteiger partial charge in [0.2, 0.25) is 0 Å². The zero-order valence-electron chi connectivity index (χ0n) is 15.2. The number of H-pyrrole nitrogens is 1. The highest BCUT2D eigenvalue weighted by Crippen LogP contribution is 2.22. The zero-order valence-corrected chi connectivity index (χ0v) is 15.2. The van der Waals surface area contributed by atoms with Crippen molar-refractivity contribution >= 4 is 33.5 Å². The number of carbonyl (C=O) groups excluding carboxylic acids is 2. The Morgan fingerprint density at radius 1 is 1.04 bits per heavy atom. The summed E-state index contributed by atoms with van der Waals surface area (Å²) in [6.45, 7) is 3.06. The molecule has 5 heteroatoms. The number of aryl methyl sites for hydroxylation is 2. The number of para-hydroxylation sites is 2. The lowest BCUT2D eigenvalue weighted by molar-refractivity contribution is -0.117. The van der Waals surface area contributed by atoms with Crippen LogP contribution in [-0.4, -0.2) is 27.8 Å². The Kier molecular flexibility index (Phi) is 4.50. The van der Waals surface area contributed by atoms with Crippen molar-refractivity contribution in [3.63, 3.8) is 0 Å². The first-order valence-corrected chi connectivity index (χ1v) is 9.09. The number of aromatic nitrogens is 2. The summed E-state index contributed by atoms with van der Waals surface area (Å²) in [5.41, 5.74) is 3.22. The third-order valence-electron chi connectivity index (χ3n) is 4.87. The number of hydrogen-bond acceptors (Lipinski definition) is 2. The summed E-state index contributed by atoms with van der Waals surface area (Å²) in [5.74, 6) is -1.04. The number of Topliss-reactive ketones (excluding diaryl/α,β-unsaturated/α-hetero) is 1. The van der Waals surface area contributed by atoms with Crippen LogP contribution < -0.4 is 5.32 Å². The molecule has 0 spiro atoms. The predicted octanol–water partition coefficient (Wildman–Crippen LogP) is 3.82. The van der Waals surface area contributed by atoms with Crippen LogP contribution in [0.2, 0.25) is 0 Å². The minimum Gasteiger partial charge on any atom is -0.358 e. The van der Waals surface area contributed by atoms with E-state index in [-0.39, 0.29) is 0 Å². The van der Waals surface area contributed by atoms with E-state index in [0.717, 1.165) is 29.6 Å². The smallest absolute Gasteiger partial charge is 0.292 e. The van der Waals surface area contributed by atoms with E-state index in [9.17, 15) is 9.59 Å². The predicted molar refractivity (Wildman–Crippen MR) is 107 cm³/mol. The van der Waals surface area contributed by atoms with Crippen molar-refractivity contribution in [3.05, 3.63) is 72.1 Å². The van der Waals surface area contributed by atoms with Gasteiger partial charge in [-0.05, 0) is 36.9 Å². The molecule has 5 nitrogen and oxygen atoms in total. The molecule has 2 aromatic heterocycles. The number of hydrogen-bond donors (Lipinski definition) is 2. The molecular weight excluding hydrogens is 338 g/mol. The maximum absolute atomic E-state index is 12.6. The van der Waals surface area contributed by atoms with Gasteiger partial charge in [-0.25, -0.2) is 0 Å². The molecule has 0 aliphatic rings. The van der Waals surface area contributed by atoms with Gasteiger partial charge in [0.15, 0.2) is 0 Å². The number of benzene rings is 2. The van der Waals surface area contributed by atoms with Crippen molar-refractivity contribution in [1.29, 1.82) is 0 Å². The van der Waals surface area contributed by atoms with E-state index in [1.165, 1.54) is 10.9 Å². The second-order valence-electron chi connectivity index (χ2n) is 6.68. The quantitative estimate of drug-likeness (QED) is 0.312. The second kappa shape index (κ2) is 7.11. The molecule has 136 valence electrons. The summed E-state index contributed by atoms with van der Waals surface area (Å²) in [5, 5.41) is 4.74. The van der Waals surface area contributed by atoms with E-state index >= 15 is 0 Å². The van der Waals surface area contributed by atoms with E-state index in [2.05, 4.69) is 33.1 Å². The van der Waals surface area contributed by atoms with Crippen LogP contribution in [0.15, 0.2) is 60.8 Å². The molecule has 0 saturated heterocycles. The van der Waals surface area contributed by atoms with E-state index in [1.807, 2.05) is 49.5 Å². The number of nitrogens with zero attached hydrogens (tertiary/aromatic N) is 1. The molecule has 0 radical (unpaired) electrons. The van der Waals surface area contributed by atoms with Crippen molar-refractivity contribution in [1.82, 2.24) is 14.9 Å². The van der Waals surface area contributed by atoms with Crippen LogP contribution >= 0.6 is 0 Å². The lowest BCUT2D eigenvalue weighted by Gasteiger charge is -2.07. The van der Waals surface area contributed by atoms with Crippen LogP contribution in [0.4, 0.5) is 0 Å². The van der Waals surface area contributed by atoms with E-state index in [1.54, 1.807) is 0 Å². The molecule has 0 aliphatic carbocycles. The van der Waals surface area contributed by atoms with Gasteiger partial charge in [0, 0.05) is 41.4 Å². The van der Waals surface area contributed by atoms with E-state index in [4.69, 9.17) is 0 Å². The maximum atomic E-state index is 12.6. The molecular formula is C22H21N3O2. The van der Waals surface area contributed by atoms with Crippen LogP contribution in [0.5, 0.6) is 0 Å². The average Bonchev–Trinajstić information content (AvgIpc) is 3.24. The first-order valence-electron chi connectivity index (χ1n) is 9.09. The minimum atomic E-state index is -0.555. The average molecular weight is 359 g/mol. The first-order chi connectivity index (χ1) is 13.1. The molecule has 2 N–H and O–H groups in total. The van der Waals surface area contributed by atoms with Gasteiger partial charge >= 0.3 is 0 Å². The Hall–Kier alpha value is -3.34. The third-order valence-corrected chi connectivity index (χ3v) is 4.87. The molecule has 0 aliphatic heterocycles. The number of amides is 1. The van der Waals surface area contributed by atoms with Crippen LogP contribution in [0.25, 0.3) is 21.8 Å². The Bertz CT molecular complexity index is 1140. The van der Waals surface area contributed by atoms with Gasteiger partial charge in [-0.3, -0.25) is 9.59 Å². The molecule has 2 aromatic carbocycles. The van der Waals surface area contributed by atoms with E-state index < -0.39 is 11.7 Å². The highest BCUT2D eigenvalue weighted by molar-refractivity contribution is 6.45. The fourth-order valence-electron chi connectivity index (χ4n) is 3.55. The van der Waals surface area contributed by atoms with Crippen LogP contribution in [0.1, 0.15) is 22.5 Å². The minimum absolute atomic E-state index is 0.457. The third kappa shape index (κ3) is 3.24. The summed E-state index contributed by atoms with van der Waals surface area (Å²) in [6.07, 6.45) is 2.80. The summed E-state index contributed by atoms with van der Waals surface area (Å²) >= 11 is 0. The molecule has 0 fully saturated rings. The van der Waals surface area contributed by atoms with Crippen LogP contribution in [0.3, 0.4) is 0 Å². The molecule has 27 heavy (non-hydrogen) atoms. The van der Waals surface area contributed by atoms with Gasteiger partial charge in [0.25, 0.3) is 11.7 Å². The van der Waals surface area contributed by atoms with Crippen molar-refractivity contribution in [2.24, 2.45) is 0 Å². The van der Waals surface area contributed by atoms with Crippen molar-refractivity contribution < 1.29 is 9.59 Å². The summed E-state index contributed by atoms with van der Waals surface area (Å²) in [6, 6.07) is 17.8. The number of fused-ring (bicyclic) bond motifs is 2. The van der Waals surface area contributed by atoms with E-state index in [0.29, 0.717) is 12.1 Å². The highest BCUT2D eigenvalue weighted by Gasteiger charge is 2.22. The summed E-state index contributed by atoms with van der Waals surface area (Å²) < 4.78 is 2.16. The molecule has 4 rings (SSSR count). The van der Waals surface area contributed by atoms with Crippen molar-refractivity contribution in [2.45, 2.75) is 19.9 Å². The monoisotopic (exact) mass is 359 g/mol. The van der Waals surface area contributed by atoms with Crippen molar-refractivity contribution in [2.75, 3.05) is 6.54 Å². The van der Waals surface area contributed by atoms with Gasteiger partial charge in [-0.2, -0.15) is 0 Å². The number of rotatable bonds is 6. The van der Waals surface area contributed by atoms with Gasteiger partial charge in [-0.15, -0.1) is 0 Å². The zero-order chi connectivity index (χ0) is 18.8. The molecule has 0 bridgehead atoms. The fourth-order valence-corrected chi connectivity index (χ4v) is 3.55. The molecule has 4 aromatic rings. The largest absolute Gasteiger partial charge is 0.358 e. The standard InChI is InChI=1S/C22H21N3O2/c1-15-20(17-8-3-4-9-18(17)24-15)21(26)22(27)23-12-6-13-25-14-11-16-7-2-5-10-19(16)25/h2-5,7-11,14,24H,6,12-13H2,1H3,(H,23,27). The number of nitrogens with one attached hydrogen (secondary N) is 2. The lowest BCUT2D eigenvalue weighted by Crippen LogP contribution is -2.32. The Labute approximate surface area is 157 Å². The molecule has 0 unspecified atom stereocenters. The van der Waals surface area contributed by atoms with Gasteiger partial charge in [0.1, 0.15) is 0 Å². The highest BCUT2D eigenvalue weighted by atomic mass is 16.2. The Morgan fingerprint density at radius 3 is 2.70 bits per heavy atom.